The monoisotopic (exact) mass is 365 g/mol. The first-order valence-corrected chi connectivity index (χ1v) is 9.11. The summed E-state index contributed by atoms with van der Waals surface area (Å²) in [6, 6.07) is 7.83. The Bertz CT molecular complexity index is 952. The van der Waals surface area contributed by atoms with E-state index in [1.54, 1.807) is 12.4 Å². The number of anilines is 1. The quantitative estimate of drug-likeness (QED) is 0.714. The molecule has 0 radical (unpaired) electrons. The molecule has 4 rings (SSSR count). The SMILES string of the molecule is Cc1cc(-n2c(C)cc(C(=O)N3CCN(c4ccncc4)CC3)c2C)no1. The summed E-state index contributed by atoms with van der Waals surface area (Å²) in [4.78, 5) is 21.4. The molecule has 7 nitrogen and oxygen atoms in total. The molecule has 0 N–H and O–H groups in total. The van der Waals surface area contributed by atoms with E-state index in [0.29, 0.717) is 18.9 Å². The Balaban J connectivity index is 1.51. The maximum atomic E-state index is 13.1. The molecule has 0 aromatic carbocycles. The molecular weight excluding hydrogens is 342 g/mol. The predicted octanol–water partition coefficient (Wildman–Crippen LogP) is 2.75. The summed E-state index contributed by atoms with van der Waals surface area (Å²) in [5, 5.41) is 4.09. The lowest BCUT2D eigenvalue weighted by Crippen LogP contribution is -2.48. The van der Waals surface area contributed by atoms with E-state index in [9.17, 15) is 4.79 Å². The first kappa shape index (κ1) is 17.3. The van der Waals surface area contributed by atoms with Gasteiger partial charge in [-0.25, -0.2) is 0 Å². The summed E-state index contributed by atoms with van der Waals surface area (Å²) in [6.45, 7) is 8.83. The molecule has 1 amide bonds. The van der Waals surface area contributed by atoms with Gasteiger partial charge in [0.2, 0.25) is 0 Å². The van der Waals surface area contributed by atoms with Gasteiger partial charge < -0.3 is 14.3 Å². The molecule has 27 heavy (non-hydrogen) atoms. The van der Waals surface area contributed by atoms with Crippen molar-refractivity contribution in [3.63, 3.8) is 0 Å². The minimum absolute atomic E-state index is 0.0731. The first-order chi connectivity index (χ1) is 13.0. The van der Waals surface area contributed by atoms with Crippen LogP contribution in [0, 0.1) is 20.8 Å². The van der Waals surface area contributed by atoms with E-state index < -0.39 is 0 Å². The Labute approximate surface area is 158 Å². The zero-order valence-corrected chi connectivity index (χ0v) is 15.8. The number of hydrogen-bond donors (Lipinski definition) is 0. The zero-order chi connectivity index (χ0) is 19.0. The van der Waals surface area contributed by atoms with E-state index in [0.717, 1.165) is 41.5 Å². The van der Waals surface area contributed by atoms with Gasteiger partial charge >= 0.3 is 0 Å². The topological polar surface area (TPSA) is 67.4 Å². The average molecular weight is 365 g/mol. The second-order valence-electron chi connectivity index (χ2n) is 6.90. The fraction of sp³-hybridized carbons (Fsp3) is 0.350. The van der Waals surface area contributed by atoms with Crippen LogP contribution in [0.1, 0.15) is 27.5 Å². The van der Waals surface area contributed by atoms with E-state index in [1.165, 1.54) is 0 Å². The van der Waals surface area contributed by atoms with Crippen molar-refractivity contribution in [3.05, 3.63) is 59.4 Å². The Morgan fingerprint density at radius 2 is 1.74 bits per heavy atom. The lowest BCUT2D eigenvalue weighted by molar-refractivity contribution is 0.0746. The van der Waals surface area contributed by atoms with Gasteiger partial charge in [0.15, 0.2) is 5.82 Å². The average Bonchev–Trinajstić information content (AvgIpc) is 3.24. The summed E-state index contributed by atoms with van der Waals surface area (Å²) in [5.41, 5.74) is 3.74. The molecule has 0 spiro atoms. The standard InChI is InChI=1S/C20H23N5O2/c1-14-12-18(16(3)25(14)19-13-15(2)27-22-19)20(26)24-10-8-23(9-11-24)17-4-6-21-7-5-17/h4-7,12-13H,8-11H2,1-3H3. The van der Waals surface area contributed by atoms with Crippen LogP contribution in [0.5, 0.6) is 0 Å². The van der Waals surface area contributed by atoms with Gasteiger partial charge in [0.05, 0.1) is 5.56 Å². The summed E-state index contributed by atoms with van der Waals surface area (Å²) < 4.78 is 7.16. The Morgan fingerprint density at radius 1 is 1.04 bits per heavy atom. The highest BCUT2D eigenvalue weighted by Crippen LogP contribution is 2.23. The van der Waals surface area contributed by atoms with Crippen molar-refractivity contribution in [2.24, 2.45) is 0 Å². The first-order valence-electron chi connectivity index (χ1n) is 9.11. The van der Waals surface area contributed by atoms with Crippen LogP contribution in [-0.4, -0.2) is 51.7 Å². The van der Waals surface area contributed by atoms with Crippen LogP contribution in [0.4, 0.5) is 5.69 Å². The number of aryl methyl sites for hydroxylation is 2. The third-order valence-corrected chi connectivity index (χ3v) is 5.10. The van der Waals surface area contributed by atoms with Crippen molar-refractivity contribution >= 4 is 11.6 Å². The van der Waals surface area contributed by atoms with Gasteiger partial charge in [-0.05, 0) is 39.0 Å². The highest BCUT2D eigenvalue weighted by molar-refractivity contribution is 5.96. The van der Waals surface area contributed by atoms with E-state index in [-0.39, 0.29) is 5.91 Å². The normalized spacial score (nSPS) is 14.6. The van der Waals surface area contributed by atoms with Crippen molar-refractivity contribution in [3.8, 4) is 5.82 Å². The molecule has 3 aromatic rings. The fourth-order valence-corrected chi connectivity index (χ4v) is 3.68. The second-order valence-corrected chi connectivity index (χ2v) is 6.90. The van der Waals surface area contributed by atoms with Crippen LogP contribution < -0.4 is 4.90 Å². The van der Waals surface area contributed by atoms with Crippen LogP contribution in [0.3, 0.4) is 0 Å². The molecule has 3 aromatic heterocycles. The third-order valence-electron chi connectivity index (χ3n) is 5.10. The van der Waals surface area contributed by atoms with Gasteiger partial charge in [0.25, 0.3) is 5.91 Å². The van der Waals surface area contributed by atoms with E-state index in [4.69, 9.17) is 4.52 Å². The van der Waals surface area contributed by atoms with Crippen molar-refractivity contribution in [2.45, 2.75) is 20.8 Å². The summed E-state index contributed by atoms with van der Waals surface area (Å²) in [6.07, 6.45) is 3.60. The molecule has 0 saturated carbocycles. The van der Waals surface area contributed by atoms with Crippen molar-refractivity contribution in [2.75, 3.05) is 31.1 Å². The molecule has 1 aliphatic heterocycles. The highest BCUT2D eigenvalue weighted by Gasteiger charge is 2.26. The van der Waals surface area contributed by atoms with Gasteiger partial charge in [-0.1, -0.05) is 5.16 Å². The van der Waals surface area contributed by atoms with Gasteiger partial charge in [0, 0.05) is 61.7 Å². The summed E-state index contributed by atoms with van der Waals surface area (Å²) in [7, 11) is 0. The molecule has 1 saturated heterocycles. The van der Waals surface area contributed by atoms with E-state index in [2.05, 4.69) is 15.0 Å². The molecule has 4 heterocycles. The minimum Gasteiger partial charge on any atom is -0.368 e. The lowest BCUT2D eigenvalue weighted by Gasteiger charge is -2.36. The smallest absolute Gasteiger partial charge is 0.255 e. The van der Waals surface area contributed by atoms with E-state index in [1.807, 2.05) is 54.5 Å². The van der Waals surface area contributed by atoms with Crippen LogP contribution in [-0.2, 0) is 0 Å². The van der Waals surface area contributed by atoms with Crippen LogP contribution in [0.25, 0.3) is 5.82 Å². The molecule has 0 aliphatic carbocycles. The number of amides is 1. The second kappa shape index (κ2) is 6.90. The molecular formula is C20H23N5O2. The number of rotatable bonds is 3. The van der Waals surface area contributed by atoms with Crippen molar-refractivity contribution < 1.29 is 9.32 Å². The lowest BCUT2D eigenvalue weighted by atomic mass is 10.2. The molecule has 140 valence electrons. The fourth-order valence-electron chi connectivity index (χ4n) is 3.68. The van der Waals surface area contributed by atoms with Gasteiger partial charge in [-0.2, -0.15) is 0 Å². The maximum Gasteiger partial charge on any atom is 0.255 e. The minimum atomic E-state index is 0.0731. The number of pyridine rings is 1. The number of aromatic nitrogens is 3. The van der Waals surface area contributed by atoms with Crippen molar-refractivity contribution in [1.29, 1.82) is 0 Å². The predicted molar refractivity (Wildman–Crippen MR) is 102 cm³/mol. The zero-order valence-electron chi connectivity index (χ0n) is 15.8. The van der Waals surface area contributed by atoms with E-state index >= 15 is 0 Å². The Kier molecular flexibility index (Phi) is 4.43. The molecule has 0 unspecified atom stereocenters. The summed E-state index contributed by atoms with van der Waals surface area (Å²) in [5.74, 6) is 1.53. The maximum absolute atomic E-state index is 13.1. The molecule has 1 fully saturated rings. The van der Waals surface area contributed by atoms with Crippen LogP contribution >= 0.6 is 0 Å². The Hall–Kier alpha value is -3.09. The summed E-state index contributed by atoms with van der Waals surface area (Å²) >= 11 is 0. The molecule has 1 aliphatic rings. The molecule has 0 atom stereocenters. The van der Waals surface area contributed by atoms with Gasteiger partial charge in [-0.3, -0.25) is 14.3 Å². The van der Waals surface area contributed by atoms with Gasteiger partial charge in [0.1, 0.15) is 5.76 Å². The van der Waals surface area contributed by atoms with Gasteiger partial charge in [-0.15, -0.1) is 0 Å². The number of piperazine rings is 1. The molecule has 7 heteroatoms. The largest absolute Gasteiger partial charge is 0.368 e. The number of nitrogens with zero attached hydrogens (tertiary/aromatic N) is 5. The highest BCUT2D eigenvalue weighted by atomic mass is 16.5. The Morgan fingerprint density at radius 3 is 2.37 bits per heavy atom. The van der Waals surface area contributed by atoms with Crippen LogP contribution in [0.15, 0.2) is 41.2 Å². The number of carbonyl (C=O) groups is 1. The number of carbonyl (C=O) groups excluding carboxylic acids is 1. The van der Waals surface area contributed by atoms with Crippen molar-refractivity contribution in [1.82, 2.24) is 19.6 Å². The van der Waals surface area contributed by atoms with Crippen LogP contribution in [0.2, 0.25) is 0 Å². The third kappa shape index (κ3) is 3.20. The number of hydrogen-bond acceptors (Lipinski definition) is 5. The molecule has 0 bridgehead atoms.